The molecule has 1 N–H and O–H groups in total. The van der Waals surface area contributed by atoms with E-state index in [0.29, 0.717) is 22.8 Å². The Morgan fingerprint density at radius 2 is 1.85 bits per heavy atom. The Hall–Kier alpha value is -4.45. The lowest BCUT2D eigenvalue weighted by atomic mass is 9.86. The summed E-state index contributed by atoms with van der Waals surface area (Å²) >= 11 is 0. The van der Waals surface area contributed by atoms with E-state index < -0.39 is 5.97 Å². The predicted molar refractivity (Wildman–Crippen MR) is 156 cm³/mol. The molecule has 40 heavy (non-hydrogen) atoms. The summed E-state index contributed by atoms with van der Waals surface area (Å²) in [5, 5.41) is 14.9. The summed E-state index contributed by atoms with van der Waals surface area (Å²) in [6.07, 6.45) is 5.25. The second kappa shape index (κ2) is 9.94. The van der Waals surface area contributed by atoms with Crippen LogP contribution in [0.4, 0.5) is 0 Å². The van der Waals surface area contributed by atoms with Crippen molar-refractivity contribution in [3.05, 3.63) is 95.2 Å². The van der Waals surface area contributed by atoms with Crippen molar-refractivity contribution in [2.24, 2.45) is 0 Å². The summed E-state index contributed by atoms with van der Waals surface area (Å²) in [4.78, 5) is 16.8. The molecule has 0 radical (unpaired) electrons. The molecule has 6 bridgehead atoms. The first kappa shape index (κ1) is 24.6. The fourth-order valence-electron chi connectivity index (χ4n) is 6.44. The van der Waals surface area contributed by atoms with E-state index in [1.807, 2.05) is 29.6 Å². The highest BCUT2D eigenvalue weighted by molar-refractivity contribution is 5.79. The fraction of sp³-hybridized carbons (Fsp3) is 0.265. The van der Waals surface area contributed by atoms with Gasteiger partial charge in [0.2, 0.25) is 0 Å². The molecule has 200 valence electrons. The molecule has 0 aliphatic carbocycles. The Morgan fingerprint density at radius 3 is 2.75 bits per heavy atom. The van der Waals surface area contributed by atoms with Crippen LogP contribution in [0.3, 0.4) is 0 Å². The fourth-order valence-corrected chi connectivity index (χ4v) is 6.44. The van der Waals surface area contributed by atoms with Crippen molar-refractivity contribution in [1.82, 2.24) is 14.6 Å². The van der Waals surface area contributed by atoms with Gasteiger partial charge in [-0.25, -0.2) is 9.50 Å². The number of rotatable bonds is 2. The van der Waals surface area contributed by atoms with Crippen LogP contribution in [0.5, 0.6) is 5.75 Å². The van der Waals surface area contributed by atoms with Gasteiger partial charge in [0.15, 0.2) is 5.65 Å². The molecule has 0 fully saturated rings. The molecule has 0 saturated carbocycles. The number of aliphatic carboxylic acids is 1. The van der Waals surface area contributed by atoms with Crippen LogP contribution in [-0.4, -0.2) is 32.3 Å². The second-order valence-corrected chi connectivity index (χ2v) is 11.0. The monoisotopic (exact) mass is 529 g/mol. The van der Waals surface area contributed by atoms with Crippen molar-refractivity contribution in [3.8, 4) is 39.4 Å². The first-order valence-corrected chi connectivity index (χ1v) is 14.1. The normalized spacial score (nSPS) is 16.3. The third kappa shape index (κ3) is 4.34. The largest absolute Gasteiger partial charge is 0.493 e. The molecule has 0 spiro atoms. The van der Waals surface area contributed by atoms with E-state index in [2.05, 4.69) is 54.6 Å². The van der Waals surface area contributed by atoms with E-state index in [9.17, 15) is 9.90 Å². The van der Waals surface area contributed by atoms with Crippen molar-refractivity contribution in [1.29, 1.82) is 0 Å². The van der Waals surface area contributed by atoms with Crippen molar-refractivity contribution in [2.75, 3.05) is 6.61 Å². The van der Waals surface area contributed by atoms with Crippen LogP contribution >= 0.6 is 0 Å². The van der Waals surface area contributed by atoms with Gasteiger partial charge in [-0.15, -0.1) is 0 Å². The third-order valence-electron chi connectivity index (χ3n) is 8.42. The van der Waals surface area contributed by atoms with E-state index in [0.717, 1.165) is 67.0 Å². The summed E-state index contributed by atoms with van der Waals surface area (Å²) in [5.41, 5.74) is 10.6. The summed E-state index contributed by atoms with van der Waals surface area (Å²) in [6.45, 7) is 2.61. The Kier molecular flexibility index (Phi) is 6.11. The standard InChI is InChI=1S/C34H31N3O3/c1-21-28(19-33(38)39)34-26-13-14-31-29(18-26)23(15-16-40-31)9-3-2-7-22-8-4-5-12-27(22)24-10-6-11-25(17-24)30-20-32(35-21)37(34)36-30/h4-6,8,10-14,17-18,20,23H,2-3,7,9,15-16,19H2,1H3,(H,38,39). The number of hydrogen-bond donors (Lipinski definition) is 1. The highest BCUT2D eigenvalue weighted by Crippen LogP contribution is 2.41. The quantitative estimate of drug-likeness (QED) is 0.260. The molecule has 2 aliphatic rings. The molecule has 5 aromatic rings. The van der Waals surface area contributed by atoms with Gasteiger partial charge in [-0.3, -0.25) is 4.79 Å². The summed E-state index contributed by atoms with van der Waals surface area (Å²) in [7, 11) is 0. The number of fused-ring (bicyclic) bond motifs is 8. The van der Waals surface area contributed by atoms with Gasteiger partial charge in [0.1, 0.15) is 5.75 Å². The van der Waals surface area contributed by atoms with Crippen LogP contribution in [0.2, 0.25) is 0 Å². The Morgan fingerprint density at radius 1 is 0.975 bits per heavy atom. The van der Waals surface area contributed by atoms with Crippen molar-refractivity contribution in [3.63, 3.8) is 0 Å². The maximum atomic E-state index is 12.0. The van der Waals surface area contributed by atoms with Gasteiger partial charge in [0.25, 0.3) is 0 Å². The number of hydrogen-bond acceptors (Lipinski definition) is 4. The van der Waals surface area contributed by atoms with Gasteiger partial charge < -0.3 is 9.84 Å². The predicted octanol–water partition coefficient (Wildman–Crippen LogP) is 7.26. The Balaban J connectivity index is 1.49. The zero-order chi connectivity index (χ0) is 27.2. The maximum Gasteiger partial charge on any atom is 0.307 e. The number of carboxylic acid groups (broad SMARTS) is 1. The maximum absolute atomic E-state index is 12.0. The lowest BCUT2D eigenvalue weighted by Crippen LogP contribution is -2.15. The minimum absolute atomic E-state index is 0.122. The van der Waals surface area contributed by atoms with E-state index in [1.54, 1.807) is 0 Å². The van der Waals surface area contributed by atoms with Crippen LogP contribution in [0, 0.1) is 6.92 Å². The molecule has 0 amide bonds. The van der Waals surface area contributed by atoms with Gasteiger partial charge in [0.05, 0.1) is 24.4 Å². The van der Waals surface area contributed by atoms with E-state index >= 15 is 0 Å². The van der Waals surface area contributed by atoms with Crippen LogP contribution < -0.4 is 4.74 Å². The highest BCUT2D eigenvalue weighted by Gasteiger charge is 2.25. The van der Waals surface area contributed by atoms with E-state index in [-0.39, 0.29) is 6.42 Å². The van der Waals surface area contributed by atoms with Crippen LogP contribution in [0.15, 0.2) is 72.8 Å². The number of carboxylic acids is 1. The van der Waals surface area contributed by atoms with E-state index in [1.165, 1.54) is 22.3 Å². The lowest BCUT2D eigenvalue weighted by Gasteiger charge is -2.27. The first-order chi connectivity index (χ1) is 19.5. The zero-order valence-electron chi connectivity index (χ0n) is 22.6. The Bertz CT molecular complexity index is 1770. The molecule has 6 nitrogen and oxygen atoms in total. The molecular weight excluding hydrogens is 498 g/mol. The molecule has 0 saturated heterocycles. The molecule has 6 heteroatoms. The number of nitrogens with zero attached hydrogens (tertiary/aromatic N) is 3. The number of carbonyl (C=O) groups is 1. The Labute approximate surface area is 233 Å². The molecule has 2 aromatic heterocycles. The molecule has 7 rings (SSSR count). The molecule has 1 unspecified atom stereocenters. The van der Waals surface area contributed by atoms with Gasteiger partial charge in [-0.1, -0.05) is 48.9 Å². The minimum Gasteiger partial charge on any atom is -0.493 e. The minimum atomic E-state index is -0.887. The zero-order valence-corrected chi connectivity index (χ0v) is 22.6. The summed E-state index contributed by atoms with van der Waals surface area (Å²) in [5.74, 6) is 0.447. The highest BCUT2D eigenvalue weighted by atomic mass is 16.5. The van der Waals surface area contributed by atoms with Gasteiger partial charge >= 0.3 is 5.97 Å². The van der Waals surface area contributed by atoms with Gasteiger partial charge in [-0.2, -0.15) is 5.10 Å². The van der Waals surface area contributed by atoms with Gasteiger partial charge in [0, 0.05) is 28.5 Å². The van der Waals surface area contributed by atoms with E-state index in [4.69, 9.17) is 14.8 Å². The van der Waals surface area contributed by atoms with Gasteiger partial charge in [-0.05, 0) is 85.0 Å². The molecular formula is C34H31N3O3. The second-order valence-electron chi connectivity index (χ2n) is 11.0. The van der Waals surface area contributed by atoms with Crippen LogP contribution in [0.1, 0.15) is 54.0 Å². The van der Waals surface area contributed by atoms with Crippen molar-refractivity contribution < 1.29 is 14.6 Å². The third-order valence-corrected chi connectivity index (χ3v) is 8.42. The summed E-state index contributed by atoms with van der Waals surface area (Å²) in [6, 6.07) is 25.5. The lowest BCUT2D eigenvalue weighted by molar-refractivity contribution is -0.136. The molecule has 2 aliphatic heterocycles. The molecule has 1 atom stereocenters. The van der Waals surface area contributed by atoms with Crippen molar-refractivity contribution >= 4 is 11.6 Å². The van der Waals surface area contributed by atoms with Crippen LogP contribution in [-0.2, 0) is 17.6 Å². The number of aryl methyl sites for hydroxylation is 2. The number of benzene rings is 3. The average Bonchev–Trinajstić information content (AvgIpc) is 3.38. The number of aromatic nitrogens is 3. The first-order valence-electron chi connectivity index (χ1n) is 14.1. The van der Waals surface area contributed by atoms with Crippen LogP contribution in [0.25, 0.3) is 39.3 Å². The SMILES string of the molecule is Cc1nc2cc3nn2c(c1CC(=O)O)-c1ccc2c(c1)C(CCCCc1ccccc1-c1cccc-3c1)CCO2. The topological polar surface area (TPSA) is 76.7 Å². The smallest absolute Gasteiger partial charge is 0.307 e. The summed E-state index contributed by atoms with van der Waals surface area (Å²) < 4.78 is 7.90. The number of ether oxygens (including phenoxy) is 1. The molecule has 4 heterocycles. The van der Waals surface area contributed by atoms with Crippen molar-refractivity contribution in [2.45, 2.75) is 51.4 Å². The molecule has 3 aromatic carbocycles. The average molecular weight is 530 g/mol.